The third-order valence-corrected chi connectivity index (χ3v) is 3.58. The average molecular weight is 232 g/mol. The van der Waals surface area contributed by atoms with Crippen molar-refractivity contribution in [1.29, 1.82) is 0 Å². The van der Waals surface area contributed by atoms with E-state index in [-0.39, 0.29) is 11.8 Å². The Labute approximate surface area is 103 Å². The molecule has 1 aromatic rings. The zero-order valence-corrected chi connectivity index (χ0v) is 10.8. The molecule has 0 radical (unpaired) electrons. The molecular formula is C15H20O2. The average Bonchev–Trinajstić information content (AvgIpc) is 2.36. The van der Waals surface area contributed by atoms with Crippen LogP contribution < -0.4 is 4.74 Å². The summed E-state index contributed by atoms with van der Waals surface area (Å²) in [5, 5.41) is 0. The Hall–Kier alpha value is -1.31. The molecule has 0 saturated heterocycles. The molecule has 2 nitrogen and oxygen atoms in total. The Morgan fingerprint density at radius 1 is 1.41 bits per heavy atom. The van der Waals surface area contributed by atoms with Crippen molar-refractivity contribution in [1.82, 2.24) is 0 Å². The molecule has 1 aromatic carbocycles. The number of ketones is 1. The van der Waals surface area contributed by atoms with Crippen LogP contribution in [-0.2, 0) is 11.2 Å². The SMILES string of the molecule is COc1ccc2c(c1)CCCC2C(=O)C(C)C. The van der Waals surface area contributed by atoms with Crippen LogP contribution in [0.5, 0.6) is 5.75 Å². The third kappa shape index (κ3) is 2.36. The predicted octanol–water partition coefficient (Wildman–Crippen LogP) is 3.34. The van der Waals surface area contributed by atoms with Crippen LogP contribution in [0.4, 0.5) is 0 Å². The summed E-state index contributed by atoms with van der Waals surface area (Å²) in [6, 6.07) is 6.11. The monoisotopic (exact) mass is 232 g/mol. The zero-order valence-electron chi connectivity index (χ0n) is 10.8. The smallest absolute Gasteiger partial charge is 0.142 e. The predicted molar refractivity (Wildman–Crippen MR) is 68.5 cm³/mol. The second kappa shape index (κ2) is 4.91. The van der Waals surface area contributed by atoms with Gasteiger partial charge in [-0.05, 0) is 42.5 Å². The standard InChI is InChI=1S/C15H20O2/c1-10(2)15(16)14-6-4-5-11-9-12(17-3)7-8-13(11)14/h7-10,14H,4-6H2,1-3H3. The van der Waals surface area contributed by atoms with Gasteiger partial charge in [-0.15, -0.1) is 0 Å². The minimum atomic E-state index is 0.102. The maximum Gasteiger partial charge on any atom is 0.142 e. The van der Waals surface area contributed by atoms with Gasteiger partial charge in [-0.3, -0.25) is 4.79 Å². The fourth-order valence-electron chi connectivity index (χ4n) is 2.62. The Morgan fingerprint density at radius 2 is 2.18 bits per heavy atom. The van der Waals surface area contributed by atoms with E-state index in [1.165, 1.54) is 11.1 Å². The number of fused-ring (bicyclic) bond motifs is 1. The van der Waals surface area contributed by atoms with Gasteiger partial charge in [-0.1, -0.05) is 19.9 Å². The van der Waals surface area contributed by atoms with Crippen molar-refractivity contribution in [2.45, 2.75) is 39.0 Å². The Morgan fingerprint density at radius 3 is 2.82 bits per heavy atom. The van der Waals surface area contributed by atoms with Gasteiger partial charge in [-0.25, -0.2) is 0 Å². The number of carbonyl (C=O) groups excluding carboxylic acids is 1. The topological polar surface area (TPSA) is 26.3 Å². The van der Waals surface area contributed by atoms with E-state index in [1.807, 2.05) is 19.9 Å². The quantitative estimate of drug-likeness (QED) is 0.799. The molecule has 1 unspecified atom stereocenters. The first-order chi connectivity index (χ1) is 8.13. The number of Topliss-reactive ketones (excluding diaryl/α,β-unsaturated/α-hetero) is 1. The lowest BCUT2D eigenvalue weighted by molar-refractivity contribution is -0.123. The number of methoxy groups -OCH3 is 1. The minimum absolute atomic E-state index is 0.102. The maximum atomic E-state index is 12.2. The summed E-state index contributed by atoms with van der Waals surface area (Å²) in [6.07, 6.45) is 3.16. The number of rotatable bonds is 3. The van der Waals surface area contributed by atoms with E-state index in [0.717, 1.165) is 25.0 Å². The maximum absolute atomic E-state index is 12.2. The van der Waals surface area contributed by atoms with Crippen LogP contribution in [0.3, 0.4) is 0 Å². The second-order valence-electron chi connectivity index (χ2n) is 5.07. The van der Waals surface area contributed by atoms with Crippen molar-refractivity contribution in [3.63, 3.8) is 0 Å². The lowest BCUT2D eigenvalue weighted by Crippen LogP contribution is -2.22. The molecule has 2 heteroatoms. The van der Waals surface area contributed by atoms with E-state index >= 15 is 0 Å². The highest BCUT2D eigenvalue weighted by Crippen LogP contribution is 2.35. The van der Waals surface area contributed by atoms with E-state index in [1.54, 1.807) is 7.11 Å². The molecule has 17 heavy (non-hydrogen) atoms. The summed E-state index contributed by atoms with van der Waals surface area (Å²) in [5.74, 6) is 1.48. The van der Waals surface area contributed by atoms with E-state index in [2.05, 4.69) is 12.1 Å². The number of hydrogen-bond acceptors (Lipinski definition) is 2. The van der Waals surface area contributed by atoms with Crippen molar-refractivity contribution in [2.24, 2.45) is 5.92 Å². The molecule has 0 heterocycles. The lowest BCUT2D eigenvalue weighted by atomic mass is 9.78. The van der Waals surface area contributed by atoms with Gasteiger partial charge in [0.2, 0.25) is 0 Å². The number of carbonyl (C=O) groups is 1. The first-order valence-electron chi connectivity index (χ1n) is 6.34. The normalized spacial score (nSPS) is 18.9. The number of aryl methyl sites for hydroxylation is 1. The molecular weight excluding hydrogens is 212 g/mol. The van der Waals surface area contributed by atoms with E-state index < -0.39 is 0 Å². The Balaban J connectivity index is 2.35. The van der Waals surface area contributed by atoms with Gasteiger partial charge >= 0.3 is 0 Å². The van der Waals surface area contributed by atoms with Crippen LogP contribution >= 0.6 is 0 Å². The molecule has 92 valence electrons. The summed E-state index contributed by atoms with van der Waals surface area (Å²) >= 11 is 0. The largest absolute Gasteiger partial charge is 0.497 e. The molecule has 0 aromatic heterocycles. The van der Waals surface area contributed by atoms with Crippen molar-refractivity contribution < 1.29 is 9.53 Å². The van der Waals surface area contributed by atoms with Crippen LogP contribution in [-0.4, -0.2) is 12.9 Å². The molecule has 1 atom stereocenters. The van der Waals surface area contributed by atoms with Crippen LogP contribution in [0, 0.1) is 5.92 Å². The van der Waals surface area contributed by atoms with Crippen molar-refractivity contribution >= 4 is 5.78 Å². The molecule has 0 aliphatic heterocycles. The van der Waals surface area contributed by atoms with Gasteiger partial charge in [0, 0.05) is 11.8 Å². The van der Waals surface area contributed by atoms with E-state index in [0.29, 0.717) is 5.78 Å². The van der Waals surface area contributed by atoms with E-state index in [4.69, 9.17) is 4.74 Å². The summed E-state index contributed by atoms with van der Waals surface area (Å²) in [4.78, 5) is 12.2. The molecule has 0 spiro atoms. The Bertz CT molecular complexity index is 421. The van der Waals surface area contributed by atoms with Crippen LogP contribution in [0.2, 0.25) is 0 Å². The fraction of sp³-hybridized carbons (Fsp3) is 0.533. The van der Waals surface area contributed by atoms with Crippen LogP contribution in [0.1, 0.15) is 43.7 Å². The summed E-state index contributed by atoms with van der Waals surface area (Å²) in [7, 11) is 1.68. The number of ether oxygens (including phenoxy) is 1. The number of benzene rings is 1. The van der Waals surface area contributed by atoms with Gasteiger partial charge in [0.15, 0.2) is 0 Å². The molecule has 2 rings (SSSR count). The fourth-order valence-corrected chi connectivity index (χ4v) is 2.62. The lowest BCUT2D eigenvalue weighted by Gasteiger charge is -2.26. The van der Waals surface area contributed by atoms with Gasteiger partial charge in [0.25, 0.3) is 0 Å². The van der Waals surface area contributed by atoms with Gasteiger partial charge in [0.05, 0.1) is 7.11 Å². The highest BCUT2D eigenvalue weighted by atomic mass is 16.5. The summed E-state index contributed by atoms with van der Waals surface area (Å²) < 4.78 is 5.24. The summed E-state index contributed by atoms with van der Waals surface area (Å²) in [5.41, 5.74) is 2.50. The molecule has 0 fully saturated rings. The van der Waals surface area contributed by atoms with Crippen molar-refractivity contribution in [2.75, 3.05) is 7.11 Å². The first kappa shape index (κ1) is 12.2. The van der Waals surface area contributed by atoms with Crippen LogP contribution in [0.25, 0.3) is 0 Å². The molecule has 0 bridgehead atoms. The zero-order chi connectivity index (χ0) is 12.4. The first-order valence-corrected chi connectivity index (χ1v) is 6.34. The molecule has 0 amide bonds. The van der Waals surface area contributed by atoms with Crippen molar-refractivity contribution in [3.8, 4) is 5.75 Å². The molecule has 0 N–H and O–H groups in total. The van der Waals surface area contributed by atoms with E-state index in [9.17, 15) is 4.79 Å². The Kier molecular flexibility index (Phi) is 3.51. The van der Waals surface area contributed by atoms with Gasteiger partial charge in [-0.2, -0.15) is 0 Å². The highest BCUT2D eigenvalue weighted by Gasteiger charge is 2.27. The molecule has 0 saturated carbocycles. The third-order valence-electron chi connectivity index (χ3n) is 3.58. The van der Waals surface area contributed by atoms with Gasteiger partial charge < -0.3 is 4.74 Å². The summed E-state index contributed by atoms with van der Waals surface area (Å²) in [6.45, 7) is 3.97. The number of hydrogen-bond donors (Lipinski definition) is 0. The minimum Gasteiger partial charge on any atom is -0.497 e. The van der Waals surface area contributed by atoms with Crippen molar-refractivity contribution in [3.05, 3.63) is 29.3 Å². The van der Waals surface area contributed by atoms with Gasteiger partial charge in [0.1, 0.15) is 11.5 Å². The molecule has 1 aliphatic rings. The second-order valence-corrected chi connectivity index (χ2v) is 5.07. The van der Waals surface area contributed by atoms with Crippen LogP contribution in [0.15, 0.2) is 18.2 Å². The highest BCUT2D eigenvalue weighted by molar-refractivity contribution is 5.88. The molecule has 1 aliphatic carbocycles.